The fraction of sp³-hybridized carbons (Fsp3) is 0.364. The van der Waals surface area contributed by atoms with Crippen LogP contribution >= 0.6 is 22.9 Å². The fourth-order valence-electron chi connectivity index (χ4n) is 3.91. The predicted molar refractivity (Wildman–Crippen MR) is 117 cm³/mol. The van der Waals surface area contributed by atoms with Crippen molar-refractivity contribution in [3.8, 4) is 0 Å². The smallest absolute Gasteiger partial charge is 0.315 e. The van der Waals surface area contributed by atoms with Crippen LogP contribution in [0.4, 0.5) is 4.79 Å². The van der Waals surface area contributed by atoms with Crippen molar-refractivity contribution in [1.82, 2.24) is 15.5 Å². The molecule has 1 aliphatic carbocycles. The average molecular weight is 460 g/mol. The largest absolute Gasteiger partial charge is 0.334 e. The summed E-state index contributed by atoms with van der Waals surface area (Å²) in [7, 11) is 0. The van der Waals surface area contributed by atoms with Gasteiger partial charge in [-0.25, -0.2) is 4.79 Å². The van der Waals surface area contributed by atoms with Gasteiger partial charge in [0.1, 0.15) is 5.78 Å². The maximum atomic E-state index is 12.8. The molecule has 7 nitrogen and oxygen atoms in total. The molecule has 31 heavy (non-hydrogen) atoms. The zero-order valence-electron chi connectivity index (χ0n) is 17.0. The first-order valence-corrected chi connectivity index (χ1v) is 11.3. The first-order valence-electron chi connectivity index (χ1n) is 10.0. The van der Waals surface area contributed by atoms with Gasteiger partial charge < -0.3 is 15.5 Å². The van der Waals surface area contributed by atoms with Gasteiger partial charge in [-0.2, -0.15) is 0 Å². The van der Waals surface area contributed by atoms with Crippen molar-refractivity contribution in [2.24, 2.45) is 0 Å². The van der Waals surface area contributed by atoms with E-state index in [9.17, 15) is 19.2 Å². The molecule has 1 atom stereocenters. The van der Waals surface area contributed by atoms with Crippen LogP contribution in [-0.2, 0) is 29.2 Å². The molecule has 4 rings (SSSR count). The maximum Gasteiger partial charge on any atom is 0.315 e. The summed E-state index contributed by atoms with van der Waals surface area (Å²) >= 11 is 7.53. The summed E-state index contributed by atoms with van der Waals surface area (Å²) in [6.45, 7) is 2.89. The van der Waals surface area contributed by atoms with E-state index in [-0.39, 0.29) is 29.9 Å². The fourth-order valence-corrected chi connectivity index (χ4v) is 5.09. The Labute approximate surface area is 188 Å². The second kappa shape index (κ2) is 8.80. The number of fused-ring (bicyclic) bond motifs is 1. The number of carbonyl (C=O) groups is 4. The van der Waals surface area contributed by atoms with Crippen LogP contribution in [0.2, 0.25) is 5.02 Å². The number of urea groups is 1. The van der Waals surface area contributed by atoms with Gasteiger partial charge in [0, 0.05) is 34.8 Å². The topological polar surface area (TPSA) is 95.6 Å². The first-order chi connectivity index (χ1) is 14.8. The van der Waals surface area contributed by atoms with Gasteiger partial charge >= 0.3 is 6.03 Å². The van der Waals surface area contributed by atoms with Crippen LogP contribution in [0.15, 0.2) is 23.6 Å². The first kappa shape index (κ1) is 21.5. The number of nitrogens with one attached hydrogen (secondary N) is 2. The summed E-state index contributed by atoms with van der Waals surface area (Å²) < 4.78 is 0. The molecule has 2 aromatic rings. The third-order valence-corrected chi connectivity index (χ3v) is 7.15. The molecule has 1 fully saturated rings. The Morgan fingerprint density at radius 2 is 2.00 bits per heavy atom. The van der Waals surface area contributed by atoms with E-state index in [0.717, 1.165) is 21.6 Å². The second-order valence-corrected chi connectivity index (χ2v) is 9.21. The summed E-state index contributed by atoms with van der Waals surface area (Å²) in [5.41, 5.74) is 3.32. The minimum atomic E-state index is -0.534. The number of ketones is 2. The van der Waals surface area contributed by atoms with Crippen LogP contribution in [0.25, 0.3) is 0 Å². The number of hydrogen-bond donors (Lipinski definition) is 2. The van der Waals surface area contributed by atoms with E-state index < -0.39 is 6.04 Å². The molecule has 1 aromatic heterocycles. The lowest BCUT2D eigenvalue weighted by Gasteiger charge is -2.29. The number of Topliss-reactive ketones (excluding diaryl/α,β-unsaturated/α-hetero) is 2. The average Bonchev–Trinajstić information content (AvgIpc) is 3.27. The highest BCUT2D eigenvalue weighted by Gasteiger charge is 2.40. The Hall–Kier alpha value is -2.71. The number of thiophene rings is 1. The highest BCUT2D eigenvalue weighted by molar-refractivity contribution is 7.10. The standard InChI is InChI=1S/C22H22ClN3O4S/c1-12-2-3-13(6-17(12)23)8-24-22(30)25-9-20-15-10-26(21(29)16(15)11-31-20)18-5-4-14(27)7-19(18)28/h2-3,6,11,18H,4-5,7-10H2,1H3,(H2,24,25,30). The van der Waals surface area contributed by atoms with Crippen molar-refractivity contribution in [2.45, 2.75) is 51.9 Å². The molecule has 9 heteroatoms. The molecule has 1 saturated carbocycles. The van der Waals surface area contributed by atoms with Crippen LogP contribution in [0.1, 0.15) is 51.2 Å². The molecule has 1 aromatic carbocycles. The van der Waals surface area contributed by atoms with Crippen molar-refractivity contribution in [2.75, 3.05) is 0 Å². The Morgan fingerprint density at radius 3 is 2.74 bits per heavy atom. The molecule has 0 bridgehead atoms. The number of halogens is 1. The predicted octanol–water partition coefficient (Wildman–Crippen LogP) is 3.36. The van der Waals surface area contributed by atoms with Gasteiger partial charge in [0.15, 0.2) is 5.78 Å². The molecule has 0 radical (unpaired) electrons. The Morgan fingerprint density at radius 1 is 1.23 bits per heavy atom. The SMILES string of the molecule is Cc1ccc(CNC(=O)NCc2scc3c2CN(C2CCC(=O)CC2=O)C3=O)cc1Cl. The molecular weight excluding hydrogens is 438 g/mol. The third kappa shape index (κ3) is 4.50. The van der Waals surface area contributed by atoms with Crippen molar-refractivity contribution >= 4 is 46.4 Å². The quantitative estimate of drug-likeness (QED) is 0.670. The van der Waals surface area contributed by atoms with Gasteiger partial charge in [-0.1, -0.05) is 23.7 Å². The van der Waals surface area contributed by atoms with E-state index in [1.807, 2.05) is 25.1 Å². The molecule has 2 N–H and O–H groups in total. The number of amides is 3. The highest BCUT2D eigenvalue weighted by Crippen LogP contribution is 2.34. The molecule has 162 valence electrons. The minimum absolute atomic E-state index is 0.0640. The van der Waals surface area contributed by atoms with E-state index >= 15 is 0 Å². The van der Waals surface area contributed by atoms with Crippen molar-refractivity contribution in [3.63, 3.8) is 0 Å². The van der Waals surface area contributed by atoms with E-state index in [1.54, 1.807) is 10.3 Å². The molecule has 0 spiro atoms. The lowest BCUT2D eigenvalue weighted by atomic mass is 9.92. The number of hydrogen-bond acceptors (Lipinski definition) is 5. The number of nitrogens with zero attached hydrogens (tertiary/aromatic N) is 1. The molecule has 1 unspecified atom stereocenters. The number of carbonyl (C=O) groups excluding carboxylic acids is 4. The lowest BCUT2D eigenvalue weighted by Crippen LogP contribution is -2.44. The number of aryl methyl sites for hydroxylation is 1. The molecule has 0 saturated heterocycles. The van der Waals surface area contributed by atoms with E-state index in [1.165, 1.54) is 11.3 Å². The van der Waals surface area contributed by atoms with E-state index in [0.29, 0.717) is 43.1 Å². The third-order valence-electron chi connectivity index (χ3n) is 5.72. The van der Waals surface area contributed by atoms with Crippen LogP contribution in [-0.4, -0.2) is 34.4 Å². The molecule has 2 aliphatic rings. The molecular formula is C22H22ClN3O4S. The summed E-state index contributed by atoms with van der Waals surface area (Å²) in [5.74, 6) is -0.425. The second-order valence-electron chi connectivity index (χ2n) is 7.84. The zero-order valence-corrected chi connectivity index (χ0v) is 18.6. The van der Waals surface area contributed by atoms with Gasteiger partial charge in [-0.05, 0) is 36.1 Å². The van der Waals surface area contributed by atoms with Crippen molar-refractivity contribution in [3.05, 3.63) is 55.7 Å². The Balaban J connectivity index is 1.33. The van der Waals surface area contributed by atoms with Crippen molar-refractivity contribution in [1.29, 1.82) is 0 Å². The Kier molecular flexibility index (Phi) is 6.11. The van der Waals surface area contributed by atoms with E-state index in [2.05, 4.69) is 10.6 Å². The number of benzene rings is 1. The molecule has 3 amide bonds. The normalized spacial score (nSPS) is 18.3. The van der Waals surface area contributed by atoms with E-state index in [4.69, 9.17) is 11.6 Å². The highest BCUT2D eigenvalue weighted by atomic mass is 35.5. The monoisotopic (exact) mass is 459 g/mol. The maximum absolute atomic E-state index is 12.8. The van der Waals surface area contributed by atoms with Crippen LogP contribution in [0.5, 0.6) is 0 Å². The summed E-state index contributed by atoms with van der Waals surface area (Å²) in [6, 6.07) is 4.79. The molecule has 2 heterocycles. The van der Waals surface area contributed by atoms with Gasteiger partial charge in [0.05, 0.1) is 24.6 Å². The number of rotatable bonds is 5. The van der Waals surface area contributed by atoms with Crippen LogP contribution < -0.4 is 10.6 Å². The summed E-state index contributed by atoms with van der Waals surface area (Å²) in [4.78, 5) is 51.2. The lowest BCUT2D eigenvalue weighted by molar-refractivity contribution is -0.133. The van der Waals surface area contributed by atoms with Crippen molar-refractivity contribution < 1.29 is 19.2 Å². The van der Waals surface area contributed by atoms with Gasteiger partial charge in [-0.15, -0.1) is 11.3 Å². The molecule has 1 aliphatic heterocycles. The van der Waals surface area contributed by atoms with Gasteiger partial charge in [-0.3, -0.25) is 14.4 Å². The minimum Gasteiger partial charge on any atom is -0.334 e. The Bertz CT molecular complexity index is 1080. The zero-order chi connectivity index (χ0) is 22.1. The summed E-state index contributed by atoms with van der Waals surface area (Å²) in [5, 5.41) is 8.05. The van der Waals surface area contributed by atoms with Crippen LogP contribution in [0, 0.1) is 6.92 Å². The van der Waals surface area contributed by atoms with Gasteiger partial charge in [0.2, 0.25) is 0 Å². The summed E-state index contributed by atoms with van der Waals surface area (Å²) in [6.07, 6.45) is 0.617. The van der Waals surface area contributed by atoms with Gasteiger partial charge in [0.25, 0.3) is 5.91 Å². The van der Waals surface area contributed by atoms with Crippen LogP contribution in [0.3, 0.4) is 0 Å².